The second-order valence-corrected chi connectivity index (χ2v) is 4.58. The van der Waals surface area contributed by atoms with E-state index in [4.69, 9.17) is 23.3 Å². The molecule has 1 aromatic rings. The number of rotatable bonds is 3. The molecule has 10 heteroatoms. The number of hydrogen-bond donors (Lipinski definition) is 3. The minimum Gasteiger partial charge on any atom is -0.595 e. The zero-order valence-corrected chi connectivity index (χ0v) is 11.7. The first-order valence-corrected chi connectivity index (χ1v) is 6.23. The van der Waals surface area contributed by atoms with Crippen LogP contribution in [-0.2, 0) is 4.79 Å². The van der Waals surface area contributed by atoms with Gasteiger partial charge in [0, 0.05) is 12.1 Å². The van der Waals surface area contributed by atoms with Gasteiger partial charge in [-0.1, -0.05) is 0 Å². The summed E-state index contributed by atoms with van der Waals surface area (Å²) in [7, 11) is 0. The first-order valence-electron chi connectivity index (χ1n) is 5.82. The molecule has 1 aliphatic rings. The maximum atomic E-state index is 11.9. The average Bonchev–Trinajstić information content (AvgIpc) is 2.45. The Morgan fingerprint density at radius 2 is 2.10 bits per heavy atom. The Bertz CT molecular complexity index is 627. The fourth-order valence-corrected chi connectivity index (χ4v) is 1.83. The molecule has 9 nitrogen and oxygen atoms in total. The van der Waals surface area contributed by atoms with Gasteiger partial charge in [0.1, 0.15) is 0 Å². The molecule has 0 aliphatic carbocycles. The van der Waals surface area contributed by atoms with E-state index in [0.717, 1.165) is 5.01 Å². The monoisotopic (exact) mass is 308 g/mol. The van der Waals surface area contributed by atoms with Gasteiger partial charge in [-0.15, -0.1) is 0 Å². The van der Waals surface area contributed by atoms with E-state index in [0.29, 0.717) is 11.4 Å². The molecule has 1 aromatic carbocycles. The highest BCUT2D eigenvalue weighted by Gasteiger charge is 2.32. The van der Waals surface area contributed by atoms with Gasteiger partial charge in [-0.25, -0.2) is 21.1 Å². The van der Waals surface area contributed by atoms with Crippen LogP contribution < -0.4 is 11.1 Å². The topological polar surface area (TPSA) is 131 Å². The standard InChI is InChI=1S/C11H12N6O3S/c1-6-9(10(18)16(12)11(21)13-6)15-14-7-2-4-8(5-3-7)17(19)20/h2-5,9,17,19H,12H2,1H3. The number of quaternary nitrogens is 1. The number of nitrogens with two attached hydrogens (primary N) is 1. The number of hydrazine groups is 1. The molecule has 0 saturated heterocycles. The van der Waals surface area contributed by atoms with Crippen LogP contribution in [0, 0.1) is 5.21 Å². The van der Waals surface area contributed by atoms with Crippen LogP contribution in [0.5, 0.6) is 0 Å². The Morgan fingerprint density at radius 3 is 2.67 bits per heavy atom. The minimum absolute atomic E-state index is 0.0187. The second kappa shape index (κ2) is 6.11. The van der Waals surface area contributed by atoms with Gasteiger partial charge in [-0.05, 0) is 31.3 Å². The van der Waals surface area contributed by atoms with E-state index in [9.17, 15) is 10.0 Å². The second-order valence-electron chi connectivity index (χ2n) is 4.21. The molecule has 2 unspecified atom stereocenters. The predicted molar refractivity (Wildman–Crippen MR) is 77.3 cm³/mol. The Morgan fingerprint density at radius 1 is 1.48 bits per heavy atom. The van der Waals surface area contributed by atoms with Gasteiger partial charge in [0.25, 0.3) is 5.91 Å². The van der Waals surface area contributed by atoms with Crippen molar-refractivity contribution in [2.45, 2.75) is 13.0 Å². The van der Waals surface area contributed by atoms with Gasteiger partial charge in [-0.3, -0.25) is 4.79 Å². The van der Waals surface area contributed by atoms with E-state index in [-0.39, 0.29) is 10.8 Å². The van der Waals surface area contributed by atoms with Gasteiger partial charge in [0.15, 0.2) is 11.7 Å². The number of thiocarbonyl (C=S) groups is 1. The number of carbonyl (C=O) groups is 1. The number of benzene rings is 1. The van der Waals surface area contributed by atoms with Crippen molar-refractivity contribution in [3.05, 3.63) is 29.5 Å². The number of carbonyl (C=O) groups excluding carboxylic acids is 1. The maximum absolute atomic E-state index is 11.9. The highest BCUT2D eigenvalue weighted by Crippen LogP contribution is 2.17. The summed E-state index contributed by atoms with van der Waals surface area (Å²) in [5, 5.41) is 27.0. The summed E-state index contributed by atoms with van der Waals surface area (Å²) in [5.74, 6) is 4.95. The summed E-state index contributed by atoms with van der Waals surface area (Å²) >= 11 is 4.82. The van der Waals surface area contributed by atoms with Gasteiger partial charge in [0.05, 0.1) is 11.4 Å². The van der Waals surface area contributed by atoms with Gasteiger partial charge in [-0.2, -0.15) is 15.5 Å². The third kappa shape index (κ3) is 3.32. The number of hydrogen-bond acceptors (Lipinski definition) is 7. The predicted octanol–water partition coefficient (Wildman–Crippen LogP) is 0.00400. The first kappa shape index (κ1) is 15.3. The molecular formula is C11H12N6O3S. The Hall–Kier alpha value is -2.11. The highest BCUT2D eigenvalue weighted by atomic mass is 32.1. The summed E-state index contributed by atoms with van der Waals surface area (Å²) in [6, 6.07) is 4.82. The summed E-state index contributed by atoms with van der Waals surface area (Å²) < 4.78 is 0. The number of nitrogens with one attached hydrogen (secondary N) is 1. The number of amides is 1. The summed E-state index contributed by atoms with van der Waals surface area (Å²) in [6.07, 6.45) is 0. The van der Waals surface area contributed by atoms with Crippen LogP contribution in [0.2, 0.25) is 0 Å². The van der Waals surface area contributed by atoms with E-state index in [1.54, 1.807) is 6.92 Å². The number of aliphatic imine (C=N–C) groups is 1. The SMILES string of the molecule is CC1=NC(=S)N(N)C(=O)C1N=Nc1ccc([NH+]([O-])O)cc1. The largest absolute Gasteiger partial charge is 0.595 e. The molecule has 2 atom stereocenters. The lowest BCUT2D eigenvalue weighted by Crippen LogP contribution is -2.99. The lowest BCUT2D eigenvalue weighted by atomic mass is 10.1. The number of nitrogens with zero attached hydrogens (tertiary/aromatic N) is 4. The zero-order valence-electron chi connectivity index (χ0n) is 10.9. The van der Waals surface area contributed by atoms with Crippen LogP contribution in [0.15, 0.2) is 39.5 Å². The first-order chi connectivity index (χ1) is 9.90. The van der Waals surface area contributed by atoms with Crippen LogP contribution in [0.25, 0.3) is 0 Å². The molecule has 1 amide bonds. The van der Waals surface area contributed by atoms with Gasteiger partial charge >= 0.3 is 0 Å². The molecule has 0 spiro atoms. The third-order valence-electron chi connectivity index (χ3n) is 2.75. The van der Waals surface area contributed by atoms with E-state index >= 15 is 0 Å². The van der Waals surface area contributed by atoms with Crippen molar-refractivity contribution in [2.24, 2.45) is 21.1 Å². The maximum Gasteiger partial charge on any atom is 0.275 e. The van der Waals surface area contributed by atoms with Crippen molar-refractivity contribution in [3.8, 4) is 0 Å². The van der Waals surface area contributed by atoms with Crippen LogP contribution in [0.1, 0.15) is 6.92 Å². The van der Waals surface area contributed by atoms with Crippen molar-refractivity contribution in [1.82, 2.24) is 5.01 Å². The third-order valence-corrected chi connectivity index (χ3v) is 3.04. The molecule has 0 radical (unpaired) electrons. The molecule has 2 rings (SSSR count). The summed E-state index contributed by atoms with van der Waals surface area (Å²) in [4.78, 5) is 15.9. The smallest absolute Gasteiger partial charge is 0.275 e. The normalized spacial score (nSPS) is 20.9. The lowest BCUT2D eigenvalue weighted by molar-refractivity contribution is -0.991. The molecule has 0 saturated carbocycles. The Labute approximate surface area is 124 Å². The van der Waals surface area contributed by atoms with Crippen molar-refractivity contribution in [3.63, 3.8) is 0 Å². The van der Waals surface area contributed by atoms with Gasteiger partial charge in [0.2, 0.25) is 5.11 Å². The minimum atomic E-state index is -1.03. The van der Waals surface area contributed by atoms with Crippen molar-refractivity contribution in [2.75, 3.05) is 0 Å². The average molecular weight is 308 g/mol. The van der Waals surface area contributed by atoms with Crippen LogP contribution in [0.3, 0.4) is 0 Å². The molecule has 0 aromatic heterocycles. The van der Waals surface area contributed by atoms with Crippen molar-refractivity contribution in [1.29, 1.82) is 0 Å². The molecular weight excluding hydrogens is 296 g/mol. The fraction of sp³-hybridized carbons (Fsp3) is 0.182. The van der Waals surface area contributed by atoms with Crippen LogP contribution >= 0.6 is 12.2 Å². The molecule has 1 aliphatic heterocycles. The number of azo groups is 1. The van der Waals surface area contributed by atoms with E-state index in [1.165, 1.54) is 24.3 Å². The Balaban J connectivity index is 2.18. The van der Waals surface area contributed by atoms with E-state index in [1.807, 2.05) is 0 Å². The quantitative estimate of drug-likeness (QED) is 0.238. The van der Waals surface area contributed by atoms with Crippen molar-refractivity contribution < 1.29 is 15.2 Å². The molecule has 0 bridgehead atoms. The zero-order chi connectivity index (χ0) is 15.6. The summed E-state index contributed by atoms with van der Waals surface area (Å²) in [6.45, 7) is 1.61. The molecule has 0 fully saturated rings. The lowest BCUT2D eigenvalue weighted by Gasteiger charge is -2.23. The van der Waals surface area contributed by atoms with E-state index < -0.39 is 17.2 Å². The summed E-state index contributed by atoms with van der Waals surface area (Å²) in [5.41, 5.74) is 0.953. The fourth-order valence-electron chi connectivity index (χ4n) is 1.60. The molecule has 21 heavy (non-hydrogen) atoms. The highest BCUT2D eigenvalue weighted by molar-refractivity contribution is 7.80. The molecule has 110 valence electrons. The van der Waals surface area contributed by atoms with Crippen LogP contribution in [0.4, 0.5) is 11.4 Å². The Kier molecular flexibility index (Phi) is 4.45. The van der Waals surface area contributed by atoms with Gasteiger partial charge < -0.3 is 5.21 Å². The molecule has 1 heterocycles. The molecule has 4 N–H and O–H groups in total. The van der Waals surface area contributed by atoms with Crippen LogP contribution in [-0.4, -0.2) is 33.0 Å². The van der Waals surface area contributed by atoms with Crippen molar-refractivity contribution >= 4 is 40.3 Å². The van der Waals surface area contributed by atoms with E-state index in [2.05, 4.69) is 15.2 Å².